The predicted molar refractivity (Wildman–Crippen MR) is 53.7 cm³/mol. The van der Waals surface area contributed by atoms with Gasteiger partial charge in [-0.3, -0.25) is 0 Å². The van der Waals surface area contributed by atoms with E-state index < -0.39 is 9.84 Å². The van der Waals surface area contributed by atoms with Crippen LogP contribution in [0.1, 0.15) is 12.8 Å². The average molecular weight is 209 g/mol. The Kier molecular flexibility index (Phi) is 6.28. The molecule has 0 aromatic rings. The van der Waals surface area contributed by atoms with Crippen molar-refractivity contribution in [2.45, 2.75) is 18.9 Å². The number of nitrogens with one attached hydrogen (secondary N) is 1. The molecule has 0 heterocycles. The number of hydrogen-bond acceptors (Lipinski definition) is 4. The van der Waals surface area contributed by atoms with Crippen molar-refractivity contribution >= 4 is 9.84 Å². The zero-order chi connectivity index (χ0) is 10.3. The van der Waals surface area contributed by atoms with Crippen molar-refractivity contribution in [1.82, 2.24) is 5.32 Å². The van der Waals surface area contributed by atoms with Crippen LogP contribution in [0.4, 0.5) is 0 Å². The quantitative estimate of drug-likeness (QED) is 0.602. The van der Waals surface area contributed by atoms with E-state index in [2.05, 4.69) is 5.32 Å². The number of hydrogen-bond donors (Lipinski definition) is 1. The summed E-state index contributed by atoms with van der Waals surface area (Å²) in [7, 11) is 0.548. The molecule has 0 aromatic carbocycles. The average Bonchev–Trinajstić information content (AvgIpc) is 2.01. The Morgan fingerprint density at radius 3 is 2.46 bits per heavy atom. The van der Waals surface area contributed by atoms with Crippen LogP contribution in [0.2, 0.25) is 0 Å². The predicted octanol–water partition coefficient (Wildman–Crippen LogP) is 0.0456. The van der Waals surface area contributed by atoms with E-state index in [0.29, 0.717) is 6.61 Å². The van der Waals surface area contributed by atoms with E-state index in [1.807, 2.05) is 0 Å². The Labute approximate surface area is 80.6 Å². The molecular weight excluding hydrogens is 190 g/mol. The normalized spacial score (nSPS) is 14.4. The molecule has 0 aliphatic heterocycles. The van der Waals surface area contributed by atoms with Gasteiger partial charge in [0.05, 0.1) is 5.75 Å². The number of ether oxygens (including phenoxy) is 1. The summed E-state index contributed by atoms with van der Waals surface area (Å²) in [6.45, 7) is 0.682. The lowest BCUT2D eigenvalue weighted by molar-refractivity contribution is 0.190. The van der Waals surface area contributed by atoms with Crippen LogP contribution in [-0.2, 0) is 14.6 Å². The molecule has 0 saturated carbocycles. The van der Waals surface area contributed by atoms with Crippen LogP contribution in [0.3, 0.4) is 0 Å². The molecule has 1 atom stereocenters. The van der Waals surface area contributed by atoms with Crippen LogP contribution in [0.25, 0.3) is 0 Å². The molecule has 0 spiro atoms. The van der Waals surface area contributed by atoms with Crippen LogP contribution >= 0.6 is 0 Å². The summed E-state index contributed by atoms with van der Waals surface area (Å²) in [4.78, 5) is 0. The van der Waals surface area contributed by atoms with Gasteiger partial charge in [-0.2, -0.15) is 0 Å². The van der Waals surface area contributed by atoms with Gasteiger partial charge in [0.1, 0.15) is 9.84 Å². The maximum atomic E-state index is 11.0. The van der Waals surface area contributed by atoms with Crippen molar-refractivity contribution in [3.63, 3.8) is 0 Å². The first-order valence-corrected chi connectivity index (χ1v) is 6.39. The van der Waals surface area contributed by atoms with Gasteiger partial charge < -0.3 is 10.1 Å². The Hall–Kier alpha value is -0.130. The summed E-state index contributed by atoms with van der Waals surface area (Å²) in [5, 5.41) is 2.98. The molecule has 0 aromatic heterocycles. The van der Waals surface area contributed by atoms with Gasteiger partial charge >= 0.3 is 0 Å². The minimum atomic E-state index is -2.88. The lowest BCUT2D eigenvalue weighted by Gasteiger charge is -2.14. The highest BCUT2D eigenvalue weighted by Gasteiger charge is 2.12. The molecule has 0 fully saturated rings. The fraction of sp³-hybridized carbons (Fsp3) is 1.00. The second kappa shape index (κ2) is 6.34. The summed E-state index contributed by atoms with van der Waals surface area (Å²) in [6.07, 6.45) is 2.97. The van der Waals surface area contributed by atoms with Crippen molar-refractivity contribution < 1.29 is 13.2 Å². The maximum Gasteiger partial charge on any atom is 0.148 e. The Morgan fingerprint density at radius 2 is 2.08 bits per heavy atom. The highest BCUT2D eigenvalue weighted by Crippen LogP contribution is 2.00. The lowest BCUT2D eigenvalue weighted by Crippen LogP contribution is -2.32. The van der Waals surface area contributed by atoms with Gasteiger partial charge in [-0.15, -0.1) is 0 Å². The van der Waals surface area contributed by atoms with Crippen molar-refractivity contribution in [2.75, 3.05) is 32.8 Å². The molecule has 80 valence electrons. The van der Waals surface area contributed by atoms with E-state index in [9.17, 15) is 8.42 Å². The minimum absolute atomic E-state index is 0.0464. The summed E-state index contributed by atoms with van der Waals surface area (Å²) < 4.78 is 26.8. The van der Waals surface area contributed by atoms with Crippen LogP contribution in [0.15, 0.2) is 0 Å². The monoisotopic (exact) mass is 209 g/mol. The topological polar surface area (TPSA) is 55.4 Å². The standard InChI is InChI=1S/C8H19NO3S/c1-9-8(5-4-6-12-2)7-13(3,10)11/h8-9H,4-7H2,1-3H3. The van der Waals surface area contributed by atoms with Gasteiger partial charge in [0.25, 0.3) is 0 Å². The van der Waals surface area contributed by atoms with Crippen LogP contribution in [-0.4, -0.2) is 47.2 Å². The zero-order valence-corrected chi connectivity index (χ0v) is 9.36. The highest BCUT2D eigenvalue weighted by molar-refractivity contribution is 7.90. The molecule has 1 N–H and O–H groups in total. The van der Waals surface area contributed by atoms with Gasteiger partial charge in [0.15, 0.2) is 0 Å². The van der Waals surface area contributed by atoms with Crippen LogP contribution < -0.4 is 5.32 Å². The first-order valence-electron chi connectivity index (χ1n) is 4.33. The van der Waals surface area contributed by atoms with E-state index in [1.165, 1.54) is 6.26 Å². The van der Waals surface area contributed by atoms with Gasteiger partial charge in [-0.25, -0.2) is 8.42 Å². The Balaban J connectivity index is 3.77. The maximum absolute atomic E-state index is 11.0. The van der Waals surface area contributed by atoms with Crippen molar-refractivity contribution in [1.29, 1.82) is 0 Å². The number of rotatable bonds is 7. The molecule has 0 aliphatic rings. The van der Waals surface area contributed by atoms with E-state index in [-0.39, 0.29) is 11.8 Å². The Morgan fingerprint density at radius 1 is 1.46 bits per heavy atom. The fourth-order valence-electron chi connectivity index (χ4n) is 1.15. The van der Waals surface area contributed by atoms with E-state index in [4.69, 9.17) is 4.74 Å². The van der Waals surface area contributed by atoms with Gasteiger partial charge in [-0.1, -0.05) is 0 Å². The molecule has 5 heteroatoms. The van der Waals surface area contributed by atoms with Crippen LogP contribution in [0.5, 0.6) is 0 Å². The third kappa shape index (κ3) is 8.21. The SMILES string of the molecule is CNC(CCCOC)CS(C)(=O)=O. The lowest BCUT2D eigenvalue weighted by atomic mass is 10.2. The minimum Gasteiger partial charge on any atom is -0.385 e. The van der Waals surface area contributed by atoms with E-state index in [1.54, 1.807) is 14.2 Å². The van der Waals surface area contributed by atoms with Gasteiger partial charge in [0.2, 0.25) is 0 Å². The third-order valence-electron chi connectivity index (χ3n) is 1.81. The summed E-state index contributed by atoms with van der Waals surface area (Å²) >= 11 is 0. The second-order valence-electron chi connectivity index (χ2n) is 3.21. The molecule has 0 rings (SSSR count). The number of methoxy groups -OCH3 is 1. The molecule has 13 heavy (non-hydrogen) atoms. The smallest absolute Gasteiger partial charge is 0.148 e. The zero-order valence-electron chi connectivity index (χ0n) is 8.54. The molecule has 0 amide bonds. The molecule has 0 saturated heterocycles. The summed E-state index contributed by atoms with van der Waals surface area (Å²) in [6, 6.07) is 0.0464. The molecule has 1 unspecified atom stereocenters. The highest BCUT2D eigenvalue weighted by atomic mass is 32.2. The molecular formula is C8H19NO3S. The Bertz CT molecular complexity index is 213. The first kappa shape index (κ1) is 12.9. The van der Waals surface area contributed by atoms with Crippen molar-refractivity contribution in [3.8, 4) is 0 Å². The van der Waals surface area contributed by atoms with Crippen LogP contribution in [0, 0.1) is 0 Å². The molecule has 0 bridgehead atoms. The van der Waals surface area contributed by atoms with Crippen molar-refractivity contribution in [2.24, 2.45) is 0 Å². The summed E-state index contributed by atoms with van der Waals surface area (Å²) in [5.74, 6) is 0.202. The third-order valence-corrected chi connectivity index (χ3v) is 2.82. The molecule has 0 radical (unpaired) electrons. The molecule has 0 aliphatic carbocycles. The van der Waals surface area contributed by atoms with Crippen molar-refractivity contribution in [3.05, 3.63) is 0 Å². The first-order chi connectivity index (χ1) is 5.99. The van der Waals surface area contributed by atoms with E-state index in [0.717, 1.165) is 12.8 Å². The largest absolute Gasteiger partial charge is 0.385 e. The van der Waals surface area contributed by atoms with Gasteiger partial charge in [-0.05, 0) is 19.9 Å². The van der Waals surface area contributed by atoms with E-state index >= 15 is 0 Å². The second-order valence-corrected chi connectivity index (χ2v) is 5.40. The number of sulfone groups is 1. The van der Waals surface area contributed by atoms with Gasteiger partial charge in [0, 0.05) is 26.0 Å². The summed E-state index contributed by atoms with van der Waals surface area (Å²) in [5.41, 5.74) is 0. The molecule has 4 nitrogen and oxygen atoms in total. The fourth-order valence-corrected chi connectivity index (χ4v) is 2.21.